The van der Waals surface area contributed by atoms with Gasteiger partial charge in [-0.1, -0.05) is 36.4 Å². The molecule has 1 heterocycles. The van der Waals surface area contributed by atoms with Gasteiger partial charge in [0.1, 0.15) is 11.6 Å². The Hall–Kier alpha value is -3.58. The highest BCUT2D eigenvalue weighted by molar-refractivity contribution is 5.97. The van der Waals surface area contributed by atoms with Gasteiger partial charge in [0.2, 0.25) is 0 Å². The fourth-order valence-corrected chi connectivity index (χ4v) is 4.41. The third-order valence-corrected chi connectivity index (χ3v) is 6.24. The number of amides is 1. The van der Waals surface area contributed by atoms with Crippen LogP contribution in [0.25, 0.3) is 0 Å². The Morgan fingerprint density at radius 3 is 2.64 bits per heavy atom. The number of halogens is 1. The van der Waals surface area contributed by atoms with E-state index in [0.29, 0.717) is 61.1 Å². The molecule has 1 aliphatic heterocycles. The first-order valence-electron chi connectivity index (χ1n) is 12.2. The van der Waals surface area contributed by atoms with Crippen molar-refractivity contribution in [2.24, 2.45) is 0 Å². The topological polar surface area (TPSA) is 57.2 Å². The minimum atomic E-state index is -0.230. The summed E-state index contributed by atoms with van der Waals surface area (Å²) in [5.74, 6) is 1.20. The van der Waals surface area contributed by atoms with Gasteiger partial charge in [-0.25, -0.2) is 4.39 Å². The smallest absolute Gasteiger partial charge is 0.258 e. The summed E-state index contributed by atoms with van der Waals surface area (Å²) in [6.07, 6.45) is 2.36. The van der Waals surface area contributed by atoms with E-state index in [2.05, 4.69) is 0 Å². The molecule has 1 fully saturated rings. The number of methoxy groups -OCH3 is 2. The predicted molar refractivity (Wildman–Crippen MR) is 135 cm³/mol. The van der Waals surface area contributed by atoms with Crippen molar-refractivity contribution in [2.45, 2.75) is 31.9 Å². The summed E-state index contributed by atoms with van der Waals surface area (Å²) >= 11 is 0. The van der Waals surface area contributed by atoms with Crippen LogP contribution in [-0.2, 0) is 17.7 Å². The maximum absolute atomic E-state index is 13.9. The molecule has 190 valence electrons. The highest BCUT2D eigenvalue weighted by Crippen LogP contribution is 2.32. The van der Waals surface area contributed by atoms with Crippen LogP contribution in [0.3, 0.4) is 0 Å². The number of nitrogens with zero attached hydrogens (tertiary/aromatic N) is 1. The number of hydrogen-bond acceptors (Lipinski definition) is 5. The van der Waals surface area contributed by atoms with E-state index in [0.717, 1.165) is 18.4 Å². The zero-order chi connectivity index (χ0) is 25.3. The predicted octanol–water partition coefficient (Wildman–Crippen LogP) is 5.29. The molecule has 0 spiro atoms. The molecule has 0 aromatic heterocycles. The molecule has 1 atom stereocenters. The Labute approximate surface area is 211 Å². The molecule has 3 aromatic rings. The molecule has 1 aliphatic rings. The van der Waals surface area contributed by atoms with Crippen LogP contribution in [0.1, 0.15) is 34.3 Å². The van der Waals surface area contributed by atoms with E-state index in [1.807, 2.05) is 30.3 Å². The fourth-order valence-electron chi connectivity index (χ4n) is 4.41. The average Bonchev–Trinajstić information content (AvgIpc) is 3.42. The van der Waals surface area contributed by atoms with Crippen LogP contribution in [-0.4, -0.2) is 50.9 Å². The number of hydrogen-bond donors (Lipinski definition) is 0. The van der Waals surface area contributed by atoms with Gasteiger partial charge < -0.3 is 23.8 Å². The number of carbonyl (C=O) groups is 1. The summed E-state index contributed by atoms with van der Waals surface area (Å²) in [5.41, 5.74) is 1.98. The third kappa shape index (κ3) is 6.34. The van der Waals surface area contributed by atoms with E-state index in [4.69, 9.17) is 18.9 Å². The molecular formula is C29H32FNO5. The van der Waals surface area contributed by atoms with Gasteiger partial charge in [0, 0.05) is 26.1 Å². The van der Waals surface area contributed by atoms with Gasteiger partial charge in [-0.05, 0) is 54.3 Å². The summed E-state index contributed by atoms with van der Waals surface area (Å²) in [6.45, 7) is 1.91. The van der Waals surface area contributed by atoms with Crippen molar-refractivity contribution in [3.63, 3.8) is 0 Å². The molecule has 1 saturated heterocycles. The summed E-state index contributed by atoms with van der Waals surface area (Å²) in [6, 6.07) is 19.6. The molecule has 0 saturated carbocycles. The SMILES string of the molecule is COc1cccc(C(=O)N(Cc2cccc(OCCc3ccccc3F)c2)CC2CCCO2)c1OC. The van der Waals surface area contributed by atoms with Gasteiger partial charge in [-0.3, -0.25) is 4.79 Å². The number of benzene rings is 3. The van der Waals surface area contributed by atoms with Crippen molar-refractivity contribution < 1.29 is 28.1 Å². The number of rotatable bonds is 11. The lowest BCUT2D eigenvalue weighted by Gasteiger charge is -2.27. The minimum absolute atomic E-state index is 0.00856. The number of ether oxygens (including phenoxy) is 4. The van der Waals surface area contributed by atoms with Crippen LogP contribution < -0.4 is 14.2 Å². The molecule has 7 heteroatoms. The van der Waals surface area contributed by atoms with Crippen LogP contribution in [0.15, 0.2) is 66.7 Å². The van der Waals surface area contributed by atoms with Gasteiger partial charge in [0.05, 0.1) is 32.5 Å². The van der Waals surface area contributed by atoms with Crippen molar-refractivity contribution in [3.8, 4) is 17.2 Å². The Bertz CT molecular complexity index is 1160. The molecule has 3 aromatic carbocycles. The summed E-state index contributed by atoms with van der Waals surface area (Å²) in [7, 11) is 3.08. The monoisotopic (exact) mass is 493 g/mol. The summed E-state index contributed by atoms with van der Waals surface area (Å²) < 4.78 is 36.5. The standard InChI is InChI=1S/C29H32FNO5/c1-33-27-14-6-12-25(28(27)34-2)29(32)31(20-24-11-7-16-35-24)19-21-8-5-10-23(18-21)36-17-15-22-9-3-4-13-26(22)30/h3-6,8-10,12-14,18,24H,7,11,15-17,19-20H2,1-2H3. The van der Waals surface area contributed by atoms with E-state index in [-0.39, 0.29) is 17.8 Å². The molecule has 0 radical (unpaired) electrons. The molecule has 0 aliphatic carbocycles. The normalized spacial score (nSPS) is 14.9. The van der Waals surface area contributed by atoms with Gasteiger partial charge in [0.15, 0.2) is 11.5 Å². The Morgan fingerprint density at radius 2 is 1.89 bits per heavy atom. The lowest BCUT2D eigenvalue weighted by Crippen LogP contribution is -2.37. The fraction of sp³-hybridized carbons (Fsp3) is 0.345. The van der Waals surface area contributed by atoms with E-state index in [9.17, 15) is 9.18 Å². The van der Waals surface area contributed by atoms with Gasteiger partial charge in [-0.15, -0.1) is 0 Å². The van der Waals surface area contributed by atoms with Crippen molar-refractivity contribution >= 4 is 5.91 Å². The number of para-hydroxylation sites is 1. The summed E-state index contributed by atoms with van der Waals surface area (Å²) in [5, 5.41) is 0. The molecular weight excluding hydrogens is 461 g/mol. The lowest BCUT2D eigenvalue weighted by atomic mass is 10.1. The molecule has 0 N–H and O–H groups in total. The Balaban J connectivity index is 1.49. The van der Waals surface area contributed by atoms with Crippen LogP contribution in [0.2, 0.25) is 0 Å². The second-order valence-corrected chi connectivity index (χ2v) is 8.70. The second kappa shape index (κ2) is 12.4. The van der Waals surface area contributed by atoms with E-state index < -0.39 is 0 Å². The largest absolute Gasteiger partial charge is 0.493 e. The van der Waals surface area contributed by atoms with Crippen molar-refractivity contribution in [2.75, 3.05) is 34.0 Å². The first-order chi connectivity index (χ1) is 17.6. The van der Waals surface area contributed by atoms with Crippen LogP contribution >= 0.6 is 0 Å². The van der Waals surface area contributed by atoms with E-state index in [1.54, 1.807) is 42.3 Å². The second-order valence-electron chi connectivity index (χ2n) is 8.70. The van der Waals surface area contributed by atoms with Crippen molar-refractivity contribution in [3.05, 3.63) is 89.2 Å². The van der Waals surface area contributed by atoms with Crippen LogP contribution in [0, 0.1) is 5.82 Å². The third-order valence-electron chi connectivity index (χ3n) is 6.24. The molecule has 1 amide bonds. The molecule has 36 heavy (non-hydrogen) atoms. The average molecular weight is 494 g/mol. The van der Waals surface area contributed by atoms with Crippen LogP contribution in [0.5, 0.6) is 17.2 Å². The first kappa shape index (κ1) is 25.5. The zero-order valence-corrected chi connectivity index (χ0v) is 20.7. The maximum Gasteiger partial charge on any atom is 0.258 e. The maximum atomic E-state index is 13.9. The van der Waals surface area contributed by atoms with Crippen LogP contribution in [0.4, 0.5) is 4.39 Å². The lowest BCUT2D eigenvalue weighted by molar-refractivity contribution is 0.0504. The van der Waals surface area contributed by atoms with Crippen molar-refractivity contribution in [1.82, 2.24) is 4.90 Å². The summed E-state index contributed by atoms with van der Waals surface area (Å²) in [4.78, 5) is 15.5. The Kier molecular flexibility index (Phi) is 8.79. The minimum Gasteiger partial charge on any atom is -0.493 e. The van der Waals surface area contributed by atoms with E-state index in [1.165, 1.54) is 13.2 Å². The molecule has 1 unspecified atom stereocenters. The molecule has 4 rings (SSSR count). The molecule has 6 nitrogen and oxygen atoms in total. The quantitative estimate of drug-likeness (QED) is 0.364. The highest BCUT2D eigenvalue weighted by atomic mass is 19.1. The highest BCUT2D eigenvalue weighted by Gasteiger charge is 2.26. The Morgan fingerprint density at radius 1 is 1.06 bits per heavy atom. The molecule has 0 bridgehead atoms. The van der Waals surface area contributed by atoms with Crippen molar-refractivity contribution in [1.29, 1.82) is 0 Å². The number of carbonyl (C=O) groups excluding carboxylic acids is 1. The van der Waals surface area contributed by atoms with E-state index >= 15 is 0 Å². The van der Waals surface area contributed by atoms with Gasteiger partial charge in [-0.2, -0.15) is 0 Å². The first-order valence-corrected chi connectivity index (χ1v) is 12.2. The van der Waals surface area contributed by atoms with Gasteiger partial charge in [0.25, 0.3) is 5.91 Å². The van der Waals surface area contributed by atoms with Gasteiger partial charge >= 0.3 is 0 Å². The zero-order valence-electron chi connectivity index (χ0n) is 20.7.